The van der Waals surface area contributed by atoms with Gasteiger partial charge in [-0.25, -0.2) is 9.59 Å². The third-order valence-corrected chi connectivity index (χ3v) is 10.2. The van der Waals surface area contributed by atoms with Gasteiger partial charge in [0.1, 0.15) is 0 Å². The molecular weight excluding hydrogens is 712 g/mol. The number of carboxylic acids is 2. The summed E-state index contributed by atoms with van der Waals surface area (Å²) in [7, 11) is 0. The van der Waals surface area contributed by atoms with E-state index in [4.69, 9.17) is 10.2 Å². The number of rotatable bonds is 5. The molecule has 0 unspecified atom stereocenters. The average molecular weight is 749 g/mol. The second kappa shape index (κ2) is 16.4. The molecule has 0 aromatic heterocycles. The summed E-state index contributed by atoms with van der Waals surface area (Å²) in [5.41, 5.74) is 3.61. The van der Waals surface area contributed by atoms with Crippen molar-refractivity contribution in [3.8, 4) is 0 Å². The summed E-state index contributed by atoms with van der Waals surface area (Å²) in [5.74, 6) is -1.76. The SMILES string of the molecule is O=C(O)c1cccc2ccccc12.O=C(O)c1cccc2ccccc12.[Ti+2].c1ccc2c(c1)[cH-]c1c(CCc3cccc4c3[cH-]c3ccccc34)cccc12. The van der Waals surface area contributed by atoms with E-state index in [1.807, 2.05) is 60.7 Å². The number of aryl methyl sites for hydroxylation is 2. The minimum absolute atomic E-state index is 0. The van der Waals surface area contributed by atoms with Gasteiger partial charge < -0.3 is 10.2 Å². The quantitative estimate of drug-likeness (QED) is 0.136. The summed E-state index contributed by atoms with van der Waals surface area (Å²) < 4.78 is 0. The van der Waals surface area contributed by atoms with Crippen LogP contribution in [-0.2, 0) is 34.6 Å². The number of fused-ring (bicyclic) bond motifs is 8. The molecule has 55 heavy (non-hydrogen) atoms. The van der Waals surface area contributed by atoms with Gasteiger partial charge in [0.15, 0.2) is 0 Å². The summed E-state index contributed by atoms with van der Waals surface area (Å²) in [6.45, 7) is 0. The van der Waals surface area contributed by atoms with Crippen molar-refractivity contribution in [2.24, 2.45) is 0 Å². The predicted molar refractivity (Wildman–Crippen MR) is 223 cm³/mol. The summed E-state index contributed by atoms with van der Waals surface area (Å²) in [4.78, 5) is 21.6. The van der Waals surface area contributed by atoms with Gasteiger partial charge in [-0.15, -0.1) is 78.5 Å². The van der Waals surface area contributed by atoms with Gasteiger partial charge >= 0.3 is 33.7 Å². The van der Waals surface area contributed by atoms with E-state index in [9.17, 15) is 9.59 Å². The molecule has 0 bridgehead atoms. The molecule has 4 nitrogen and oxygen atoms in total. The minimum atomic E-state index is -0.878. The second-order valence-corrected chi connectivity index (χ2v) is 13.4. The predicted octanol–water partition coefficient (Wildman–Crippen LogP) is 12.6. The third kappa shape index (κ3) is 7.56. The van der Waals surface area contributed by atoms with Gasteiger partial charge in [-0.3, -0.25) is 0 Å². The van der Waals surface area contributed by atoms with E-state index in [1.165, 1.54) is 54.2 Å². The van der Waals surface area contributed by atoms with Crippen LogP contribution in [0.15, 0.2) is 182 Å². The molecule has 0 fully saturated rings. The van der Waals surface area contributed by atoms with E-state index < -0.39 is 11.9 Å². The van der Waals surface area contributed by atoms with Crippen LogP contribution >= 0.6 is 0 Å². The van der Waals surface area contributed by atoms with Gasteiger partial charge in [-0.1, -0.05) is 158 Å². The van der Waals surface area contributed by atoms with Crippen LogP contribution in [0.5, 0.6) is 0 Å². The first-order valence-corrected chi connectivity index (χ1v) is 18.0. The smallest absolute Gasteiger partial charge is 0.478 e. The molecule has 0 saturated carbocycles. The van der Waals surface area contributed by atoms with Crippen LogP contribution < -0.4 is 0 Å². The molecule has 0 aliphatic heterocycles. The fraction of sp³-hybridized carbons (Fsp3) is 0.0400. The second-order valence-electron chi connectivity index (χ2n) is 13.4. The average Bonchev–Trinajstić information content (AvgIpc) is 3.79. The number of carboxylic acid groups (broad SMARTS) is 2. The normalized spacial score (nSPS) is 10.8. The van der Waals surface area contributed by atoms with Gasteiger partial charge in [0.05, 0.1) is 11.1 Å². The standard InChI is InChI=1S/C28H20.2C11H8O2.Ti/c1-3-11-23-21(7-1)17-27-19(9-5-13-25(23)27)15-16-20-10-6-14-26-24-12-4-2-8-22(24)18-28(20)26;2*12-11(13)10-7-3-5-8-4-1-2-6-9(8)10;/h1-14,17-18H,15-16H2;2*1-7H,(H,12,13);/q-2;;;+2. The Morgan fingerprint density at radius 2 is 0.709 bits per heavy atom. The minimum Gasteiger partial charge on any atom is -0.478 e. The first-order chi connectivity index (χ1) is 26.5. The van der Waals surface area contributed by atoms with E-state index in [0.29, 0.717) is 11.1 Å². The number of aromatic carboxylic acids is 2. The monoisotopic (exact) mass is 748 g/mol. The number of hydrogen-bond donors (Lipinski definition) is 2. The van der Waals surface area contributed by atoms with Crippen LogP contribution in [0, 0.1) is 0 Å². The Morgan fingerprint density at radius 3 is 1.13 bits per heavy atom. The maximum atomic E-state index is 10.8. The fourth-order valence-corrected chi connectivity index (χ4v) is 7.61. The molecule has 10 aromatic carbocycles. The summed E-state index contributed by atoms with van der Waals surface area (Å²) in [6, 6.07) is 61.1. The molecule has 0 aliphatic rings. The molecule has 10 rings (SSSR count). The Bertz CT molecular complexity index is 2750. The third-order valence-electron chi connectivity index (χ3n) is 10.2. The Labute approximate surface area is 333 Å². The van der Waals surface area contributed by atoms with E-state index in [0.717, 1.165) is 34.4 Å². The van der Waals surface area contributed by atoms with Crippen molar-refractivity contribution < 1.29 is 41.5 Å². The molecule has 5 heteroatoms. The van der Waals surface area contributed by atoms with Crippen LogP contribution in [0.1, 0.15) is 31.8 Å². The maximum Gasteiger partial charge on any atom is 2.00 e. The fourth-order valence-electron chi connectivity index (χ4n) is 7.61. The molecule has 2 N–H and O–H groups in total. The first-order valence-electron chi connectivity index (χ1n) is 18.0. The van der Waals surface area contributed by atoms with Crippen molar-refractivity contribution in [1.82, 2.24) is 0 Å². The van der Waals surface area contributed by atoms with Gasteiger partial charge in [0.2, 0.25) is 0 Å². The van der Waals surface area contributed by atoms with Crippen molar-refractivity contribution in [3.63, 3.8) is 0 Å². The zero-order valence-corrected chi connectivity index (χ0v) is 31.5. The number of carbonyl (C=O) groups is 2. The summed E-state index contributed by atoms with van der Waals surface area (Å²) in [6.07, 6.45) is 2.13. The van der Waals surface area contributed by atoms with Crippen molar-refractivity contribution >= 4 is 76.6 Å². The molecule has 0 radical (unpaired) electrons. The van der Waals surface area contributed by atoms with Gasteiger partial charge in [0, 0.05) is 0 Å². The molecular formula is C50H36O4Ti. The zero-order valence-electron chi connectivity index (χ0n) is 29.9. The van der Waals surface area contributed by atoms with Crippen LogP contribution in [0.2, 0.25) is 0 Å². The zero-order chi connectivity index (χ0) is 37.0. The number of hydrogen-bond acceptors (Lipinski definition) is 2. The van der Waals surface area contributed by atoms with Gasteiger partial charge in [0.25, 0.3) is 0 Å². The van der Waals surface area contributed by atoms with E-state index in [-0.39, 0.29) is 21.7 Å². The van der Waals surface area contributed by atoms with Crippen molar-refractivity contribution in [2.45, 2.75) is 12.8 Å². The molecule has 0 saturated heterocycles. The summed E-state index contributed by atoms with van der Waals surface area (Å²) >= 11 is 0. The van der Waals surface area contributed by atoms with Crippen LogP contribution in [0.3, 0.4) is 0 Å². The van der Waals surface area contributed by atoms with E-state index >= 15 is 0 Å². The van der Waals surface area contributed by atoms with Crippen LogP contribution in [0.4, 0.5) is 0 Å². The maximum absolute atomic E-state index is 10.8. The largest absolute Gasteiger partial charge is 2.00 e. The van der Waals surface area contributed by atoms with E-state index in [1.54, 1.807) is 24.3 Å². The van der Waals surface area contributed by atoms with Gasteiger partial charge in [-0.2, -0.15) is 0 Å². The molecule has 0 aliphatic carbocycles. The topological polar surface area (TPSA) is 74.6 Å². The van der Waals surface area contributed by atoms with Crippen LogP contribution in [0.25, 0.3) is 64.6 Å². The number of benzene rings is 8. The molecule has 0 spiro atoms. The summed E-state index contributed by atoms with van der Waals surface area (Å²) in [5, 5.41) is 32.3. The van der Waals surface area contributed by atoms with Crippen molar-refractivity contribution in [1.29, 1.82) is 0 Å². The molecule has 0 heterocycles. The molecule has 0 amide bonds. The molecule has 264 valence electrons. The Balaban J connectivity index is 0.000000144. The van der Waals surface area contributed by atoms with Crippen LogP contribution in [-0.4, -0.2) is 22.2 Å². The Hall–Kier alpha value is -6.33. The van der Waals surface area contributed by atoms with Gasteiger partial charge in [-0.05, 0) is 33.7 Å². The van der Waals surface area contributed by atoms with E-state index in [2.05, 4.69) is 97.1 Å². The van der Waals surface area contributed by atoms with Crippen molar-refractivity contribution in [2.75, 3.05) is 0 Å². The molecule has 10 aromatic rings. The Morgan fingerprint density at radius 1 is 0.382 bits per heavy atom. The molecule has 0 atom stereocenters. The Kier molecular flexibility index (Phi) is 11.0. The van der Waals surface area contributed by atoms with Crippen molar-refractivity contribution in [3.05, 3.63) is 204 Å². The first kappa shape index (κ1) is 37.0.